The molecule has 0 aliphatic rings. The van der Waals surface area contributed by atoms with E-state index in [9.17, 15) is 13.2 Å². The van der Waals surface area contributed by atoms with Gasteiger partial charge in [-0.2, -0.15) is 0 Å². The molecule has 3 rings (SSSR count). The quantitative estimate of drug-likeness (QED) is 0.434. The monoisotopic (exact) mass is 488 g/mol. The summed E-state index contributed by atoms with van der Waals surface area (Å²) in [7, 11) is -1.94. The van der Waals surface area contributed by atoms with Gasteiger partial charge in [0.05, 0.1) is 32.1 Å². The predicted molar refractivity (Wildman–Crippen MR) is 130 cm³/mol. The van der Waals surface area contributed by atoms with Crippen molar-refractivity contribution in [1.82, 2.24) is 5.32 Å². The van der Waals surface area contributed by atoms with Gasteiger partial charge in [-0.15, -0.1) is 0 Å². The second-order valence-corrected chi connectivity index (χ2v) is 9.57. The average Bonchev–Trinajstić information content (AvgIpc) is 2.80. The Morgan fingerprint density at radius 3 is 2.36 bits per heavy atom. The minimum atomic E-state index is -3.53. The largest absolute Gasteiger partial charge is 0.497 e. The summed E-state index contributed by atoms with van der Waals surface area (Å²) >= 11 is 6.02. The Bertz CT molecular complexity index is 1200. The molecule has 0 aliphatic carbocycles. The number of amides is 1. The fraction of sp³-hybridized carbons (Fsp3) is 0.208. The van der Waals surface area contributed by atoms with E-state index < -0.39 is 10.0 Å². The minimum absolute atomic E-state index is 0.120. The van der Waals surface area contributed by atoms with Crippen LogP contribution >= 0.6 is 11.6 Å². The van der Waals surface area contributed by atoms with Crippen LogP contribution in [0.5, 0.6) is 11.5 Å². The second kappa shape index (κ2) is 11.1. The molecule has 0 saturated carbocycles. The van der Waals surface area contributed by atoms with Crippen molar-refractivity contribution < 1.29 is 22.7 Å². The third kappa shape index (κ3) is 7.13. The summed E-state index contributed by atoms with van der Waals surface area (Å²) in [5, 5.41) is 3.25. The van der Waals surface area contributed by atoms with Crippen molar-refractivity contribution in [3.63, 3.8) is 0 Å². The molecular formula is C24H25ClN2O5S. The fourth-order valence-electron chi connectivity index (χ4n) is 3.09. The lowest BCUT2D eigenvalue weighted by molar-refractivity contribution is 0.0947. The number of carbonyl (C=O) groups excluding carboxylic acids is 1. The number of sulfonamides is 1. The first-order valence-corrected chi connectivity index (χ1v) is 12.4. The first kappa shape index (κ1) is 24.4. The molecule has 174 valence electrons. The van der Waals surface area contributed by atoms with Crippen molar-refractivity contribution in [3.8, 4) is 11.5 Å². The van der Waals surface area contributed by atoms with Gasteiger partial charge in [-0.1, -0.05) is 35.9 Å². The minimum Gasteiger partial charge on any atom is -0.497 e. The van der Waals surface area contributed by atoms with E-state index in [0.717, 1.165) is 11.8 Å². The van der Waals surface area contributed by atoms with Crippen molar-refractivity contribution in [2.24, 2.45) is 0 Å². The summed E-state index contributed by atoms with van der Waals surface area (Å²) in [6, 6.07) is 20.7. The maximum absolute atomic E-state index is 12.4. The number of hydrogen-bond donors (Lipinski definition) is 1. The molecule has 0 heterocycles. The Morgan fingerprint density at radius 2 is 1.70 bits per heavy atom. The molecule has 0 unspecified atom stereocenters. The third-order valence-electron chi connectivity index (χ3n) is 4.74. The zero-order chi connectivity index (χ0) is 23.8. The van der Waals surface area contributed by atoms with Gasteiger partial charge in [-0.25, -0.2) is 8.42 Å². The lowest BCUT2D eigenvalue weighted by atomic mass is 10.1. The molecule has 0 saturated heterocycles. The zero-order valence-corrected chi connectivity index (χ0v) is 19.9. The Labute approximate surface area is 198 Å². The van der Waals surface area contributed by atoms with Gasteiger partial charge in [0.2, 0.25) is 10.0 Å². The van der Waals surface area contributed by atoms with Gasteiger partial charge in [-0.3, -0.25) is 9.10 Å². The summed E-state index contributed by atoms with van der Waals surface area (Å²) in [4.78, 5) is 12.4. The maximum atomic E-state index is 12.4. The Kier molecular flexibility index (Phi) is 8.19. The highest BCUT2D eigenvalue weighted by molar-refractivity contribution is 7.92. The molecule has 3 aromatic carbocycles. The molecule has 1 N–H and O–H groups in total. The number of ether oxygens (including phenoxy) is 2. The van der Waals surface area contributed by atoms with Crippen molar-refractivity contribution in [1.29, 1.82) is 0 Å². The maximum Gasteiger partial charge on any atom is 0.251 e. The molecule has 0 fully saturated rings. The van der Waals surface area contributed by atoms with Crippen LogP contribution in [-0.4, -0.2) is 40.8 Å². The van der Waals surface area contributed by atoms with E-state index in [1.807, 2.05) is 18.2 Å². The second-order valence-electron chi connectivity index (χ2n) is 7.23. The smallest absolute Gasteiger partial charge is 0.251 e. The predicted octanol–water partition coefficient (Wildman–Crippen LogP) is 4.12. The molecule has 0 radical (unpaired) electrons. The number of carbonyl (C=O) groups is 1. The van der Waals surface area contributed by atoms with Crippen LogP contribution in [0.25, 0.3) is 0 Å². The molecule has 7 nitrogen and oxygen atoms in total. The van der Waals surface area contributed by atoms with E-state index in [-0.39, 0.29) is 12.5 Å². The van der Waals surface area contributed by atoms with E-state index in [0.29, 0.717) is 40.9 Å². The number of hydrogen-bond acceptors (Lipinski definition) is 5. The Hall–Kier alpha value is -3.23. The third-order valence-corrected chi connectivity index (χ3v) is 6.11. The van der Waals surface area contributed by atoms with Crippen LogP contribution in [0.15, 0.2) is 72.8 Å². The fourth-order valence-corrected chi connectivity index (χ4v) is 4.15. The van der Waals surface area contributed by atoms with Crippen molar-refractivity contribution >= 4 is 33.2 Å². The average molecular weight is 489 g/mol. The molecule has 0 spiro atoms. The molecule has 9 heteroatoms. The molecular weight excluding hydrogens is 464 g/mol. The molecule has 33 heavy (non-hydrogen) atoms. The van der Waals surface area contributed by atoms with Crippen LogP contribution < -0.4 is 19.1 Å². The summed E-state index contributed by atoms with van der Waals surface area (Å²) in [5.74, 6) is 1.11. The number of nitrogens with one attached hydrogen (secondary N) is 1. The van der Waals surface area contributed by atoms with Gasteiger partial charge >= 0.3 is 0 Å². The van der Waals surface area contributed by atoms with Gasteiger partial charge in [0.1, 0.15) is 18.1 Å². The number of benzene rings is 3. The molecule has 0 atom stereocenters. The van der Waals surface area contributed by atoms with Gasteiger partial charge in [0.15, 0.2) is 0 Å². The molecule has 0 aromatic heterocycles. The summed E-state index contributed by atoms with van der Waals surface area (Å²) < 4.78 is 36.6. The topological polar surface area (TPSA) is 84.9 Å². The number of rotatable bonds is 10. The lowest BCUT2D eigenvalue weighted by Gasteiger charge is -2.22. The Morgan fingerprint density at radius 1 is 1.00 bits per heavy atom. The van der Waals surface area contributed by atoms with Crippen molar-refractivity contribution in [3.05, 3.63) is 88.9 Å². The van der Waals surface area contributed by atoms with Crippen LogP contribution in [0.4, 0.5) is 5.69 Å². The number of nitrogens with zero attached hydrogens (tertiary/aromatic N) is 1. The number of halogens is 1. The van der Waals surface area contributed by atoms with E-state index in [1.165, 1.54) is 4.31 Å². The lowest BCUT2D eigenvalue weighted by Crippen LogP contribution is -2.29. The highest BCUT2D eigenvalue weighted by Crippen LogP contribution is 2.24. The van der Waals surface area contributed by atoms with Crippen molar-refractivity contribution in [2.45, 2.75) is 6.54 Å². The van der Waals surface area contributed by atoms with Crippen LogP contribution in [0.2, 0.25) is 5.02 Å². The highest BCUT2D eigenvalue weighted by atomic mass is 35.5. The normalized spacial score (nSPS) is 11.0. The van der Waals surface area contributed by atoms with Gasteiger partial charge in [0.25, 0.3) is 5.91 Å². The highest BCUT2D eigenvalue weighted by Gasteiger charge is 2.18. The summed E-state index contributed by atoms with van der Waals surface area (Å²) in [6.07, 6.45) is 1.14. The SMILES string of the molecule is COc1cccc(OCCNC(=O)c2ccc(CN(c3cccc(Cl)c3)S(C)(=O)=O)cc2)c1. The van der Waals surface area contributed by atoms with Crippen LogP contribution in [0.1, 0.15) is 15.9 Å². The van der Waals surface area contributed by atoms with Gasteiger partial charge in [0, 0.05) is 16.7 Å². The van der Waals surface area contributed by atoms with Crippen LogP contribution in [0, 0.1) is 0 Å². The van der Waals surface area contributed by atoms with E-state index >= 15 is 0 Å². The standard InChI is InChI=1S/C24H25ClN2O5S/c1-31-22-7-4-8-23(16-22)32-14-13-26-24(28)19-11-9-18(10-12-19)17-27(33(2,29)30)21-6-3-5-20(25)15-21/h3-12,15-16H,13-14,17H2,1-2H3,(H,26,28). The van der Waals surface area contributed by atoms with E-state index in [2.05, 4.69) is 5.32 Å². The van der Waals surface area contributed by atoms with Gasteiger partial charge < -0.3 is 14.8 Å². The first-order valence-electron chi connectivity index (χ1n) is 10.1. The van der Waals surface area contributed by atoms with Crippen molar-refractivity contribution in [2.75, 3.05) is 30.8 Å². The number of methoxy groups -OCH3 is 1. The molecule has 1 amide bonds. The first-order chi connectivity index (χ1) is 15.8. The molecule has 0 bridgehead atoms. The van der Waals surface area contributed by atoms with Crippen LogP contribution in [0.3, 0.4) is 0 Å². The summed E-state index contributed by atoms with van der Waals surface area (Å²) in [5.41, 5.74) is 1.68. The van der Waals surface area contributed by atoms with E-state index in [4.69, 9.17) is 21.1 Å². The zero-order valence-electron chi connectivity index (χ0n) is 18.3. The van der Waals surface area contributed by atoms with E-state index in [1.54, 1.807) is 61.7 Å². The summed E-state index contributed by atoms with van der Waals surface area (Å²) in [6.45, 7) is 0.754. The number of anilines is 1. The van der Waals surface area contributed by atoms with Gasteiger partial charge in [-0.05, 0) is 48.0 Å². The Balaban J connectivity index is 1.56. The molecule has 3 aromatic rings. The molecule has 0 aliphatic heterocycles. The van der Waals surface area contributed by atoms with Crippen LogP contribution in [-0.2, 0) is 16.6 Å².